The minimum Gasteiger partial charge on any atom is -0.493 e. The monoisotopic (exact) mass is 493 g/mol. The van der Waals surface area contributed by atoms with Gasteiger partial charge >= 0.3 is 0 Å². The second-order valence-corrected chi connectivity index (χ2v) is 10.2. The number of benzene rings is 2. The molecule has 0 saturated heterocycles. The smallest absolute Gasteiger partial charge is 0.279 e. The summed E-state index contributed by atoms with van der Waals surface area (Å²) in [4.78, 5) is 30.3. The van der Waals surface area contributed by atoms with Gasteiger partial charge in [-0.2, -0.15) is 4.98 Å². The van der Waals surface area contributed by atoms with Crippen molar-refractivity contribution in [2.24, 2.45) is 13.0 Å². The molecule has 1 atom stereocenters. The predicted octanol–water partition coefficient (Wildman–Crippen LogP) is 4.90. The van der Waals surface area contributed by atoms with Gasteiger partial charge in [0, 0.05) is 25.1 Å². The highest BCUT2D eigenvalue weighted by atomic mass is 32.2. The molecule has 0 bridgehead atoms. The van der Waals surface area contributed by atoms with Crippen LogP contribution in [0.15, 0.2) is 52.4 Å². The molecule has 3 aromatic rings. The second-order valence-electron chi connectivity index (χ2n) is 9.22. The number of thioether (sulfide) groups is 1. The fourth-order valence-electron chi connectivity index (χ4n) is 4.06. The van der Waals surface area contributed by atoms with Crippen molar-refractivity contribution in [1.82, 2.24) is 9.55 Å². The van der Waals surface area contributed by atoms with E-state index in [0.29, 0.717) is 46.3 Å². The third kappa shape index (κ3) is 5.53. The number of carbonyl (C=O) groups is 1. The maximum atomic E-state index is 13.2. The van der Waals surface area contributed by atoms with Gasteiger partial charge in [-0.05, 0) is 36.1 Å². The summed E-state index contributed by atoms with van der Waals surface area (Å²) in [7, 11) is 3.41. The van der Waals surface area contributed by atoms with E-state index in [1.54, 1.807) is 11.7 Å². The number of nitrogens with one attached hydrogen (secondary N) is 1. The highest BCUT2D eigenvalue weighted by Crippen LogP contribution is 2.39. The Balaban J connectivity index is 1.66. The molecule has 4 rings (SSSR count). The molecule has 184 valence electrons. The number of nitrogens with zero attached hydrogens (tertiary/aromatic N) is 2. The van der Waals surface area contributed by atoms with Crippen LogP contribution in [0.4, 0.5) is 5.82 Å². The summed E-state index contributed by atoms with van der Waals surface area (Å²) < 4.78 is 13.2. The molecule has 8 heteroatoms. The van der Waals surface area contributed by atoms with Crippen molar-refractivity contribution in [2.45, 2.75) is 44.0 Å². The first-order valence-electron chi connectivity index (χ1n) is 11.7. The standard InChI is InChI=1S/C27H31N3O4S/c1-16(2)14-34-21-11-10-19(12-22(21)33-5)20-13-23(31)28-25-24(20)26(32)29-27(30(25)4)35-15-18-8-6-17(3)7-9-18/h6-12,16,20H,13-15H2,1-5H3,(H,28,31)/t20-/m1/s1. The zero-order chi connectivity index (χ0) is 25.1. The summed E-state index contributed by atoms with van der Waals surface area (Å²) in [6.45, 7) is 6.77. The molecule has 0 fully saturated rings. The van der Waals surface area contributed by atoms with Crippen molar-refractivity contribution in [3.05, 3.63) is 75.1 Å². The highest BCUT2D eigenvalue weighted by Gasteiger charge is 2.32. The molecule has 0 saturated carbocycles. The molecular weight excluding hydrogens is 462 g/mol. The molecule has 0 radical (unpaired) electrons. The van der Waals surface area contributed by atoms with Crippen LogP contribution in [0.5, 0.6) is 11.5 Å². The van der Waals surface area contributed by atoms with E-state index in [-0.39, 0.29) is 17.9 Å². The topological polar surface area (TPSA) is 82.5 Å². The van der Waals surface area contributed by atoms with Gasteiger partial charge in [0.15, 0.2) is 16.7 Å². The van der Waals surface area contributed by atoms with Gasteiger partial charge in [0.1, 0.15) is 5.82 Å². The third-order valence-electron chi connectivity index (χ3n) is 5.95. The van der Waals surface area contributed by atoms with E-state index in [1.165, 1.54) is 17.3 Å². The lowest BCUT2D eigenvalue weighted by Crippen LogP contribution is -2.33. The van der Waals surface area contributed by atoms with Crippen LogP contribution in [0.3, 0.4) is 0 Å². The van der Waals surface area contributed by atoms with Crippen molar-refractivity contribution in [2.75, 3.05) is 19.0 Å². The first kappa shape index (κ1) is 24.9. The second kappa shape index (κ2) is 10.6. The first-order chi connectivity index (χ1) is 16.8. The fraction of sp³-hybridized carbons (Fsp3) is 0.370. The van der Waals surface area contributed by atoms with Crippen molar-refractivity contribution in [1.29, 1.82) is 0 Å². The van der Waals surface area contributed by atoms with Gasteiger partial charge < -0.3 is 19.4 Å². The van der Waals surface area contributed by atoms with E-state index in [4.69, 9.17) is 9.47 Å². The van der Waals surface area contributed by atoms with Crippen molar-refractivity contribution in [3.8, 4) is 11.5 Å². The number of aromatic nitrogens is 2. The molecule has 35 heavy (non-hydrogen) atoms. The molecule has 1 aliphatic rings. The summed E-state index contributed by atoms with van der Waals surface area (Å²) in [6.07, 6.45) is 0.162. The zero-order valence-corrected chi connectivity index (χ0v) is 21.6. The van der Waals surface area contributed by atoms with Crippen LogP contribution < -0.4 is 20.3 Å². The number of hydrogen-bond donors (Lipinski definition) is 1. The van der Waals surface area contributed by atoms with Gasteiger partial charge in [0.2, 0.25) is 5.91 Å². The van der Waals surface area contributed by atoms with Gasteiger partial charge in [-0.1, -0.05) is 61.5 Å². The maximum Gasteiger partial charge on any atom is 0.279 e. The lowest BCUT2D eigenvalue weighted by atomic mass is 9.86. The molecule has 2 aromatic carbocycles. The molecule has 1 aliphatic heterocycles. The van der Waals surface area contributed by atoms with Crippen LogP contribution in [-0.4, -0.2) is 29.2 Å². The first-order valence-corrected chi connectivity index (χ1v) is 12.6. The van der Waals surface area contributed by atoms with E-state index in [0.717, 1.165) is 11.1 Å². The normalized spacial score (nSPS) is 15.0. The lowest BCUT2D eigenvalue weighted by molar-refractivity contribution is -0.116. The molecular formula is C27H31N3O4S. The van der Waals surface area contributed by atoms with Crippen LogP contribution in [0.1, 0.15) is 48.4 Å². The number of methoxy groups -OCH3 is 1. The Labute approximate surface area is 209 Å². The van der Waals surface area contributed by atoms with Crippen LogP contribution in [0, 0.1) is 12.8 Å². The van der Waals surface area contributed by atoms with Crippen LogP contribution in [-0.2, 0) is 17.6 Å². The number of carbonyl (C=O) groups excluding carboxylic acids is 1. The average Bonchev–Trinajstić information content (AvgIpc) is 2.84. The lowest BCUT2D eigenvalue weighted by Gasteiger charge is -2.28. The Morgan fingerprint density at radius 2 is 1.89 bits per heavy atom. The Morgan fingerprint density at radius 1 is 1.14 bits per heavy atom. The summed E-state index contributed by atoms with van der Waals surface area (Å²) in [5.74, 6) is 2.19. The number of anilines is 1. The predicted molar refractivity (Wildman–Crippen MR) is 139 cm³/mol. The van der Waals surface area contributed by atoms with Crippen LogP contribution >= 0.6 is 11.8 Å². The highest BCUT2D eigenvalue weighted by molar-refractivity contribution is 7.98. The quantitative estimate of drug-likeness (QED) is 0.355. The number of rotatable bonds is 8. The molecule has 0 spiro atoms. The van der Waals surface area contributed by atoms with Gasteiger partial charge in [0.05, 0.1) is 19.3 Å². The SMILES string of the molecule is COc1cc([C@H]2CC(=O)Nc3c2c(=O)nc(SCc2ccc(C)cc2)n3C)ccc1OCC(C)C. The van der Waals surface area contributed by atoms with E-state index in [2.05, 4.69) is 48.4 Å². The van der Waals surface area contributed by atoms with E-state index in [1.807, 2.05) is 32.2 Å². The van der Waals surface area contributed by atoms with E-state index in [9.17, 15) is 9.59 Å². The number of aryl methyl sites for hydroxylation is 1. The Morgan fingerprint density at radius 3 is 2.57 bits per heavy atom. The van der Waals surface area contributed by atoms with Crippen LogP contribution in [0.25, 0.3) is 0 Å². The van der Waals surface area contributed by atoms with Crippen molar-refractivity contribution < 1.29 is 14.3 Å². The van der Waals surface area contributed by atoms with Crippen molar-refractivity contribution >= 4 is 23.5 Å². The van der Waals surface area contributed by atoms with Gasteiger partial charge in [0.25, 0.3) is 5.56 Å². The van der Waals surface area contributed by atoms with Gasteiger partial charge in [-0.15, -0.1) is 0 Å². The maximum absolute atomic E-state index is 13.2. The number of hydrogen-bond acceptors (Lipinski definition) is 6. The minimum absolute atomic E-state index is 0.141. The molecule has 0 aliphatic carbocycles. The van der Waals surface area contributed by atoms with Crippen molar-refractivity contribution in [3.63, 3.8) is 0 Å². The fourth-order valence-corrected chi connectivity index (χ4v) is 4.98. The molecule has 2 heterocycles. The Bertz CT molecular complexity index is 1280. The number of ether oxygens (including phenoxy) is 2. The van der Waals surface area contributed by atoms with Gasteiger partial charge in [-0.25, -0.2) is 0 Å². The van der Waals surface area contributed by atoms with Gasteiger partial charge in [-0.3, -0.25) is 9.59 Å². The average molecular weight is 494 g/mol. The Kier molecular flexibility index (Phi) is 7.50. The molecule has 1 N–H and O–H groups in total. The molecule has 1 aromatic heterocycles. The largest absolute Gasteiger partial charge is 0.493 e. The number of fused-ring (bicyclic) bond motifs is 1. The van der Waals surface area contributed by atoms with E-state index < -0.39 is 5.92 Å². The van der Waals surface area contributed by atoms with Crippen LogP contribution in [0.2, 0.25) is 0 Å². The Hall–Kier alpha value is -3.26. The summed E-state index contributed by atoms with van der Waals surface area (Å²) in [5, 5.41) is 3.46. The third-order valence-corrected chi connectivity index (χ3v) is 7.05. The summed E-state index contributed by atoms with van der Waals surface area (Å²) >= 11 is 1.47. The minimum atomic E-state index is -0.422. The summed E-state index contributed by atoms with van der Waals surface area (Å²) in [6, 6.07) is 13.8. The summed E-state index contributed by atoms with van der Waals surface area (Å²) in [5.41, 5.74) is 3.32. The molecule has 1 amide bonds. The number of amides is 1. The zero-order valence-electron chi connectivity index (χ0n) is 20.8. The molecule has 7 nitrogen and oxygen atoms in total. The van der Waals surface area contributed by atoms with E-state index >= 15 is 0 Å². The molecule has 0 unspecified atom stereocenters.